The van der Waals surface area contributed by atoms with Gasteiger partial charge in [0.1, 0.15) is 11.4 Å². The smallest absolute Gasteiger partial charge is 0.125 e. The average molecular weight is 159 g/mol. The molecule has 2 rings (SSSR count). The third kappa shape index (κ3) is 1.22. The van der Waals surface area contributed by atoms with Crippen LogP contribution in [0.3, 0.4) is 0 Å². The summed E-state index contributed by atoms with van der Waals surface area (Å²) in [6.45, 7) is 0. The Balaban J connectivity index is 2.46. The monoisotopic (exact) mass is 159 g/mol. The lowest BCUT2D eigenvalue weighted by atomic mass is 10.3. The van der Waals surface area contributed by atoms with Gasteiger partial charge in [-0.25, -0.2) is 0 Å². The number of hydrogen-bond acceptors (Lipinski definition) is 6. The molecule has 0 aliphatic carbocycles. The first-order valence-corrected chi connectivity index (χ1v) is 3.17. The van der Waals surface area contributed by atoms with Crippen LogP contribution in [0.4, 0.5) is 0 Å². The van der Waals surface area contributed by atoms with Crippen LogP contribution in [-0.4, -0.2) is 30.8 Å². The summed E-state index contributed by atoms with van der Waals surface area (Å²) in [7, 11) is 0. The van der Waals surface area contributed by atoms with E-state index in [2.05, 4.69) is 36.9 Å². The van der Waals surface area contributed by atoms with E-state index in [1.807, 2.05) is 0 Å². The molecule has 1 radical (unpaired) electrons. The summed E-state index contributed by atoms with van der Waals surface area (Å²) in [5.41, 5.74) is 1.10. The molecule has 2 aromatic rings. The number of rotatable bonds is 1. The lowest BCUT2D eigenvalue weighted by Gasteiger charge is -1.92. The molecule has 0 saturated heterocycles. The minimum absolute atomic E-state index is 0.514. The topological polar surface area (TPSA) is 77.3 Å². The van der Waals surface area contributed by atoms with Gasteiger partial charge in [0, 0.05) is 6.07 Å². The first-order chi connectivity index (χ1) is 5.97. The molecule has 12 heavy (non-hydrogen) atoms. The molecule has 0 N–H and O–H groups in total. The van der Waals surface area contributed by atoms with Gasteiger partial charge < -0.3 is 0 Å². The maximum absolute atomic E-state index is 3.73. The highest BCUT2D eigenvalue weighted by Crippen LogP contribution is 2.06. The Hall–Kier alpha value is -1.98. The maximum Gasteiger partial charge on any atom is 0.125 e. The highest BCUT2D eigenvalue weighted by molar-refractivity contribution is 5.49. The SMILES string of the molecule is [c]1cnnnc1-c1ccnnn1. The van der Waals surface area contributed by atoms with E-state index in [-0.39, 0.29) is 0 Å². The summed E-state index contributed by atoms with van der Waals surface area (Å²) in [6.07, 6.45) is 2.95. The lowest BCUT2D eigenvalue weighted by molar-refractivity contribution is 0.838. The first-order valence-electron chi connectivity index (χ1n) is 3.17. The van der Waals surface area contributed by atoms with Gasteiger partial charge in [0.05, 0.1) is 12.4 Å². The highest BCUT2D eigenvalue weighted by atomic mass is 15.3. The van der Waals surface area contributed by atoms with E-state index < -0.39 is 0 Å². The van der Waals surface area contributed by atoms with E-state index >= 15 is 0 Å². The molecule has 0 aliphatic rings. The fourth-order valence-corrected chi connectivity index (χ4v) is 0.708. The van der Waals surface area contributed by atoms with Crippen LogP contribution in [0, 0.1) is 6.07 Å². The van der Waals surface area contributed by atoms with Crippen LogP contribution in [0.2, 0.25) is 0 Å². The van der Waals surface area contributed by atoms with E-state index in [1.54, 1.807) is 6.07 Å². The summed E-state index contributed by atoms with van der Waals surface area (Å²) in [4.78, 5) is 0. The van der Waals surface area contributed by atoms with Gasteiger partial charge in [-0.15, -0.1) is 20.4 Å². The highest BCUT2D eigenvalue weighted by Gasteiger charge is 1.99. The van der Waals surface area contributed by atoms with E-state index in [0.29, 0.717) is 11.4 Å². The van der Waals surface area contributed by atoms with Gasteiger partial charge >= 0.3 is 0 Å². The quantitative estimate of drug-likeness (QED) is 0.559. The van der Waals surface area contributed by atoms with Crippen LogP contribution in [0.1, 0.15) is 0 Å². The Morgan fingerprint density at radius 3 is 2.67 bits per heavy atom. The molecule has 0 aliphatic heterocycles. The van der Waals surface area contributed by atoms with Gasteiger partial charge in [-0.05, 0) is 16.5 Å². The molecule has 0 unspecified atom stereocenters. The molecule has 6 nitrogen and oxygen atoms in total. The normalized spacial score (nSPS) is 9.67. The molecule has 0 aromatic carbocycles. The van der Waals surface area contributed by atoms with Crippen LogP contribution < -0.4 is 0 Å². The third-order valence-corrected chi connectivity index (χ3v) is 1.20. The summed E-state index contributed by atoms with van der Waals surface area (Å²) >= 11 is 0. The van der Waals surface area contributed by atoms with E-state index in [4.69, 9.17) is 0 Å². The molecule has 0 saturated carbocycles. The predicted octanol–water partition coefficient (Wildman–Crippen LogP) is -0.476. The van der Waals surface area contributed by atoms with Gasteiger partial charge in [0.2, 0.25) is 0 Å². The van der Waals surface area contributed by atoms with Crippen LogP contribution in [0.15, 0.2) is 18.5 Å². The largest absolute Gasteiger partial charge is 0.139 e. The predicted molar refractivity (Wildman–Crippen MR) is 37.5 cm³/mol. The third-order valence-electron chi connectivity index (χ3n) is 1.20. The van der Waals surface area contributed by atoms with Crippen molar-refractivity contribution in [2.45, 2.75) is 0 Å². The van der Waals surface area contributed by atoms with E-state index in [1.165, 1.54) is 12.4 Å². The zero-order chi connectivity index (χ0) is 8.23. The zero-order valence-electron chi connectivity index (χ0n) is 5.92. The lowest BCUT2D eigenvalue weighted by Crippen LogP contribution is -1.94. The molecule has 2 heterocycles. The van der Waals surface area contributed by atoms with Crippen LogP contribution in [-0.2, 0) is 0 Å². The van der Waals surface area contributed by atoms with Crippen molar-refractivity contribution < 1.29 is 0 Å². The van der Waals surface area contributed by atoms with Crippen LogP contribution >= 0.6 is 0 Å². The number of hydrogen-bond donors (Lipinski definition) is 0. The second-order valence-electron chi connectivity index (χ2n) is 1.93. The van der Waals surface area contributed by atoms with Crippen molar-refractivity contribution in [1.82, 2.24) is 30.8 Å². The maximum atomic E-state index is 3.73. The minimum Gasteiger partial charge on any atom is -0.139 e. The van der Waals surface area contributed by atoms with Crippen molar-refractivity contribution in [3.63, 3.8) is 0 Å². The molecule has 2 aromatic heterocycles. The summed E-state index contributed by atoms with van der Waals surface area (Å²) in [5, 5.41) is 21.3. The fraction of sp³-hybridized carbons (Fsp3) is 0. The minimum atomic E-state index is 0.514. The van der Waals surface area contributed by atoms with E-state index in [0.717, 1.165) is 0 Å². The van der Waals surface area contributed by atoms with Crippen molar-refractivity contribution in [1.29, 1.82) is 0 Å². The Morgan fingerprint density at radius 2 is 2.00 bits per heavy atom. The van der Waals surface area contributed by atoms with Gasteiger partial charge in [0.15, 0.2) is 0 Å². The van der Waals surface area contributed by atoms with Crippen molar-refractivity contribution in [2.75, 3.05) is 0 Å². The summed E-state index contributed by atoms with van der Waals surface area (Å²) < 4.78 is 0. The summed E-state index contributed by atoms with van der Waals surface area (Å²) in [5.74, 6) is 0. The Labute approximate surface area is 67.7 Å². The molecule has 0 bridgehead atoms. The molecule has 0 amide bonds. The van der Waals surface area contributed by atoms with Crippen molar-refractivity contribution in [3.8, 4) is 11.4 Å². The second-order valence-corrected chi connectivity index (χ2v) is 1.93. The van der Waals surface area contributed by atoms with Gasteiger partial charge in [-0.1, -0.05) is 0 Å². The van der Waals surface area contributed by atoms with Crippen LogP contribution in [0.5, 0.6) is 0 Å². The first kappa shape index (κ1) is 6.71. The standard InChI is InChI=1S/C6H3N6/c1-3-7-11-9-5(1)6-2-4-8-12-10-6/h1,3-4H. The second kappa shape index (κ2) is 2.95. The molecular formula is C6H3N6. The van der Waals surface area contributed by atoms with Gasteiger partial charge in [0.25, 0.3) is 0 Å². The van der Waals surface area contributed by atoms with Crippen molar-refractivity contribution in [2.24, 2.45) is 0 Å². The molecule has 6 heteroatoms. The van der Waals surface area contributed by atoms with Crippen molar-refractivity contribution in [3.05, 3.63) is 24.5 Å². The fourth-order valence-electron chi connectivity index (χ4n) is 0.708. The van der Waals surface area contributed by atoms with Gasteiger partial charge in [-0.2, -0.15) is 0 Å². The number of nitrogens with zero attached hydrogens (tertiary/aromatic N) is 6. The summed E-state index contributed by atoms with van der Waals surface area (Å²) in [6, 6.07) is 4.44. The Bertz CT molecular complexity index is 309. The zero-order valence-corrected chi connectivity index (χ0v) is 5.92. The Morgan fingerprint density at radius 1 is 1.08 bits per heavy atom. The van der Waals surface area contributed by atoms with Crippen molar-refractivity contribution >= 4 is 0 Å². The molecular weight excluding hydrogens is 156 g/mol. The molecule has 0 fully saturated rings. The Kier molecular flexibility index (Phi) is 1.65. The van der Waals surface area contributed by atoms with Gasteiger partial charge in [-0.3, -0.25) is 0 Å². The van der Waals surface area contributed by atoms with Crippen LogP contribution in [0.25, 0.3) is 11.4 Å². The average Bonchev–Trinajstić information content (AvgIpc) is 2.21. The number of aromatic nitrogens is 6. The molecule has 57 valence electrons. The van der Waals surface area contributed by atoms with E-state index in [9.17, 15) is 0 Å². The molecule has 0 spiro atoms. The molecule has 0 atom stereocenters.